The SMILES string of the molecule is C[C@H](C(=O)NC[C@@H]1COc2ccccc2O1)N1C(=O)c2ccccc2C1=O. The van der Waals surface area contributed by atoms with Gasteiger partial charge in [0.15, 0.2) is 11.5 Å². The molecule has 2 aromatic rings. The molecule has 0 unspecified atom stereocenters. The summed E-state index contributed by atoms with van der Waals surface area (Å²) < 4.78 is 11.4. The fraction of sp³-hybridized carbons (Fsp3) is 0.250. The van der Waals surface area contributed by atoms with Crippen LogP contribution in [0.2, 0.25) is 0 Å². The summed E-state index contributed by atoms with van der Waals surface area (Å²) in [5.41, 5.74) is 0.644. The number of nitrogens with zero attached hydrogens (tertiary/aromatic N) is 1. The van der Waals surface area contributed by atoms with Crippen molar-refractivity contribution in [3.05, 3.63) is 59.7 Å². The third-order valence-electron chi connectivity index (χ3n) is 4.66. The van der Waals surface area contributed by atoms with Crippen molar-refractivity contribution in [2.75, 3.05) is 13.2 Å². The van der Waals surface area contributed by atoms with E-state index in [1.54, 1.807) is 30.3 Å². The lowest BCUT2D eigenvalue weighted by Gasteiger charge is -2.27. The maximum absolute atomic E-state index is 12.5. The van der Waals surface area contributed by atoms with Crippen LogP contribution in [0, 0.1) is 0 Å². The highest BCUT2D eigenvalue weighted by Crippen LogP contribution is 2.30. The maximum Gasteiger partial charge on any atom is 0.262 e. The zero-order valence-corrected chi connectivity index (χ0v) is 14.7. The quantitative estimate of drug-likeness (QED) is 0.832. The Morgan fingerprint density at radius 2 is 1.67 bits per heavy atom. The van der Waals surface area contributed by atoms with Crippen LogP contribution in [0.15, 0.2) is 48.5 Å². The van der Waals surface area contributed by atoms with E-state index in [1.807, 2.05) is 18.2 Å². The molecule has 7 heteroatoms. The minimum Gasteiger partial charge on any atom is -0.486 e. The molecule has 2 atom stereocenters. The van der Waals surface area contributed by atoms with Gasteiger partial charge in [0.05, 0.1) is 17.7 Å². The highest BCUT2D eigenvalue weighted by Gasteiger charge is 2.40. The summed E-state index contributed by atoms with van der Waals surface area (Å²) >= 11 is 0. The van der Waals surface area contributed by atoms with Gasteiger partial charge in [0, 0.05) is 0 Å². The van der Waals surface area contributed by atoms with E-state index in [-0.39, 0.29) is 12.6 Å². The van der Waals surface area contributed by atoms with Crippen molar-refractivity contribution < 1.29 is 23.9 Å². The largest absolute Gasteiger partial charge is 0.486 e. The normalized spacial score (nSPS) is 18.9. The van der Waals surface area contributed by atoms with Gasteiger partial charge in [-0.3, -0.25) is 19.3 Å². The Morgan fingerprint density at radius 3 is 2.33 bits per heavy atom. The molecule has 2 aliphatic heterocycles. The van der Waals surface area contributed by atoms with Gasteiger partial charge in [-0.05, 0) is 31.2 Å². The van der Waals surface area contributed by atoms with E-state index in [1.165, 1.54) is 6.92 Å². The first kappa shape index (κ1) is 17.1. The molecule has 1 N–H and O–H groups in total. The Balaban J connectivity index is 1.38. The second-order valence-electron chi connectivity index (χ2n) is 6.44. The number of fused-ring (bicyclic) bond motifs is 2. The molecule has 2 aromatic carbocycles. The number of para-hydroxylation sites is 2. The van der Waals surface area contributed by atoms with Crippen molar-refractivity contribution in [2.24, 2.45) is 0 Å². The van der Waals surface area contributed by atoms with Crippen LogP contribution in [0.5, 0.6) is 11.5 Å². The first-order chi connectivity index (χ1) is 13.1. The molecular weight excluding hydrogens is 348 g/mol. The summed E-state index contributed by atoms with van der Waals surface area (Å²) in [6.45, 7) is 2.05. The lowest BCUT2D eigenvalue weighted by Crippen LogP contribution is -2.50. The van der Waals surface area contributed by atoms with Crippen LogP contribution >= 0.6 is 0 Å². The molecule has 2 aliphatic rings. The predicted octanol–water partition coefficient (Wildman–Crippen LogP) is 1.63. The third kappa shape index (κ3) is 3.01. The van der Waals surface area contributed by atoms with Gasteiger partial charge in [-0.1, -0.05) is 24.3 Å². The molecule has 7 nitrogen and oxygen atoms in total. The maximum atomic E-state index is 12.5. The predicted molar refractivity (Wildman–Crippen MR) is 95.8 cm³/mol. The van der Waals surface area contributed by atoms with Crippen molar-refractivity contribution in [1.82, 2.24) is 10.2 Å². The van der Waals surface area contributed by atoms with Crippen molar-refractivity contribution >= 4 is 17.7 Å². The molecule has 27 heavy (non-hydrogen) atoms. The van der Waals surface area contributed by atoms with Crippen LogP contribution in [0.25, 0.3) is 0 Å². The van der Waals surface area contributed by atoms with Gasteiger partial charge in [-0.2, -0.15) is 0 Å². The van der Waals surface area contributed by atoms with E-state index in [0.29, 0.717) is 29.2 Å². The molecule has 138 valence electrons. The first-order valence-corrected chi connectivity index (χ1v) is 8.69. The van der Waals surface area contributed by atoms with Gasteiger partial charge in [-0.15, -0.1) is 0 Å². The number of hydrogen-bond donors (Lipinski definition) is 1. The number of nitrogens with one attached hydrogen (secondary N) is 1. The summed E-state index contributed by atoms with van der Waals surface area (Å²) in [7, 11) is 0. The zero-order valence-electron chi connectivity index (χ0n) is 14.7. The molecule has 0 aliphatic carbocycles. The fourth-order valence-electron chi connectivity index (χ4n) is 3.20. The Hall–Kier alpha value is -3.35. The Labute approximate surface area is 155 Å². The molecule has 0 saturated carbocycles. The minimum atomic E-state index is -0.922. The van der Waals surface area contributed by atoms with Gasteiger partial charge in [0.1, 0.15) is 18.8 Å². The van der Waals surface area contributed by atoms with Crippen molar-refractivity contribution in [2.45, 2.75) is 19.1 Å². The summed E-state index contributed by atoms with van der Waals surface area (Å²) in [5.74, 6) is -0.0447. The van der Waals surface area contributed by atoms with E-state index in [2.05, 4.69) is 5.32 Å². The molecule has 0 fully saturated rings. The standard InChI is InChI=1S/C20H18N2O5/c1-12(22-19(24)14-6-2-3-7-15(14)20(22)25)18(23)21-10-13-11-26-16-8-4-5-9-17(16)27-13/h2-9,12-13H,10-11H2,1H3,(H,21,23)/t12-,13-/m1/s1. The summed E-state index contributed by atoms with van der Waals surface area (Å²) in [6, 6.07) is 12.9. The molecular formula is C20H18N2O5. The fourth-order valence-corrected chi connectivity index (χ4v) is 3.20. The van der Waals surface area contributed by atoms with E-state index in [9.17, 15) is 14.4 Å². The Kier molecular flexibility index (Phi) is 4.27. The number of hydrogen-bond acceptors (Lipinski definition) is 5. The molecule has 0 aromatic heterocycles. The number of amides is 3. The first-order valence-electron chi connectivity index (χ1n) is 8.69. The van der Waals surface area contributed by atoms with E-state index in [4.69, 9.17) is 9.47 Å². The number of carbonyl (C=O) groups is 3. The second kappa shape index (κ2) is 6.75. The molecule has 0 radical (unpaired) electrons. The van der Waals surface area contributed by atoms with Crippen LogP contribution in [0.1, 0.15) is 27.6 Å². The van der Waals surface area contributed by atoms with Crippen molar-refractivity contribution in [3.8, 4) is 11.5 Å². The lowest BCUT2D eigenvalue weighted by molar-refractivity contribution is -0.125. The summed E-state index contributed by atoms with van der Waals surface area (Å²) in [6.07, 6.45) is -0.349. The average Bonchev–Trinajstić information content (AvgIpc) is 2.96. The lowest BCUT2D eigenvalue weighted by atomic mass is 10.1. The minimum absolute atomic E-state index is 0.209. The van der Waals surface area contributed by atoms with Gasteiger partial charge >= 0.3 is 0 Å². The molecule has 2 heterocycles. The number of carbonyl (C=O) groups excluding carboxylic acids is 3. The summed E-state index contributed by atoms with van der Waals surface area (Å²) in [5, 5.41) is 2.74. The number of imide groups is 1. The highest BCUT2D eigenvalue weighted by atomic mass is 16.6. The zero-order chi connectivity index (χ0) is 19.0. The summed E-state index contributed by atoms with van der Waals surface area (Å²) in [4.78, 5) is 38.5. The van der Waals surface area contributed by atoms with Crippen LogP contribution in [0.3, 0.4) is 0 Å². The smallest absolute Gasteiger partial charge is 0.262 e. The third-order valence-corrected chi connectivity index (χ3v) is 4.66. The number of ether oxygens (including phenoxy) is 2. The van der Waals surface area contributed by atoms with Crippen LogP contribution in [-0.4, -0.2) is 47.9 Å². The van der Waals surface area contributed by atoms with Gasteiger partial charge in [-0.25, -0.2) is 0 Å². The van der Waals surface area contributed by atoms with E-state index in [0.717, 1.165) is 4.90 Å². The number of rotatable bonds is 4. The van der Waals surface area contributed by atoms with Crippen molar-refractivity contribution in [3.63, 3.8) is 0 Å². The molecule has 4 rings (SSSR count). The monoisotopic (exact) mass is 366 g/mol. The average molecular weight is 366 g/mol. The van der Waals surface area contributed by atoms with Crippen molar-refractivity contribution in [1.29, 1.82) is 0 Å². The molecule has 0 bridgehead atoms. The van der Waals surface area contributed by atoms with Crippen LogP contribution < -0.4 is 14.8 Å². The van der Waals surface area contributed by atoms with Gasteiger partial charge in [0.2, 0.25) is 5.91 Å². The Bertz CT molecular complexity index is 891. The van der Waals surface area contributed by atoms with Crippen LogP contribution in [-0.2, 0) is 4.79 Å². The van der Waals surface area contributed by atoms with E-state index < -0.39 is 23.8 Å². The van der Waals surface area contributed by atoms with E-state index >= 15 is 0 Å². The van der Waals surface area contributed by atoms with Gasteiger partial charge < -0.3 is 14.8 Å². The second-order valence-corrected chi connectivity index (χ2v) is 6.44. The number of benzene rings is 2. The highest BCUT2D eigenvalue weighted by molar-refractivity contribution is 6.22. The van der Waals surface area contributed by atoms with Crippen LogP contribution in [0.4, 0.5) is 0 Å². The molecule has 0 saturated heterocycles. The van der Waals surface area contributed by atoms with Gasteiger partial charge in [0.25, 0.3) is 11.8 Å². The topological polar surface area (TPSA) is 84.9 Å². The Morgan fingerprint density at radius 1 is 1.07 bits per heavy atom. The molecule has 0 spiro atoms. The molecule has 3 amide bonds.